The second kappa shape index (κ2) is 6.14. The highest BCUT2D eigenvalue weighted by Gasteiger charge is 2.10. The van der Waals surface area contributed by atoms with E-state index >= 15 is 0 Å². The van der Waals surface area contributed by atoms with Crippen LogP contribution in [0.25, 0.3) is 0 Å². The van der Waals surface area contributed by atoms with Gasteiger partial charge in [-0.15, -0.1) is 0 Å². The number of hydrogen-bond acceptors (Lipinski definition) is 4. The zero-order chi connectivity index (χ0) is 14.5. The first-order valence-electron chi connectivity index (χ1n) is 6.44. The van der Waals surface area contributed by atoms with Crippen LogP contribution in [-0.2, 0) is 6.42 Å². The smallest absolute Gasteiger partial charge is 0.354 e. The van der Waals surface area contributed by atoms with E-state index in [0.29, 0.717) is 11.4 Å². The fourth-order valence-electron chi connectivity index (χ4n) is 1.81. The summed E-state index contributed by atoms with van der Waals surface area (Å²) in [5.41, 5.74) is 1.71. The maximum atomic E-state index is 10.9. The third-order valence-electron chi connectivity index (χ3n) is 2.72. The van der Waals surface area contributed by atoms with Crippen LogP contribution in [-0.4, -0.2) is 21.0 Å². The van der Waals surface area contributed by atoms with Crippen LogP contribution in [0.4, 0.5) is 0 Å². The lowest BCUT2D eigenvalue weighted by atomic mass is 10.1. The fraction of sp³-hybridized carbons (Fsp3) is 0.267. The number of rotatable bonds is 5. The Bertz CT molecular complexity index is 609. The summed E-state index contributed by atoms with van der Waals surface area (Å²) in [7, 11) is 0. The van der Waals surface area contributed by atoms with Crippen molar-refractivity contribution in [3.63, 3.8) is 0 Å². The fourth-order valence-corrected chi connectivity index (χ4v) is 1.81. The molecule has 0 unspecified atom stereocenters. The van der Waals surface area contributed by atoms with Crippen molar-refractivity contribution < 1.29 is 14.6 Å². The largest absolute Gasteiger partial charge is 0.477 e. The van der Waals surface area contributed by atoms with Gasteiger partial charge >= 0.3 is 12.0 Å². The van der Waals surface area contributed by atoms with Crippen LogP contribution in [0.3, 0.4) is 0 Å². The molecule has 1 aromatic carbocycles. The molecular weight excluding hydrogens is 256 g/mol. The van der Waals surface area contributed by atoms with Crippen LogP contribution in [0.2, 0.25) is 0 Å². The molecular formula is C15H16N2O3. The highest BCUT2D eigenvalue weighted by atomic mass is 16.5. The Balaban J connectivity index is 2.19. The number of benzene rings is 1. The molecule has 0 fully saturated rings. The van der Waals surface area contributed by atoms with Crippen molar-refractivity contribution >= 4 is 5.97 Å². The van der Waals surface area contributed by atoms with E-state index in [1.807, 2.05) is 24.3 Å². The lowest BCUT2D eigenvalue weighted by Gasteiger charge is -2.06. The molecule has 0 aliphatic heterocycles. The summed E-state index contributed by atoms with van der Waals surface area (Å²) in [6.07, 6.45) is 2.10. The van der Waals surface area contributed by atoms with Crippen molar-refractivity contribution in [1.29, 1.82) is 0 Å². The Kier molecular flexibility index (Phi) is 4.30. The molecule has 0 bridgehead atoms. The molecule has 0 saturated carbocycles. The predicted molar refractivity (Wildman–Crippen MR) is 74.2 cm³/mol. The number of nitrogens with zero attached hydrogens (tertiary/aromatic N) is 2. The van der Waals surface area contributed by atoms with Gasteiger partial charge in [-0.3, -0.25) is 0 Å². The third-order valence-corrected chi connectivity index (χ3v) is 2.72. The number of ether oxygens (including phenoxy) is 1. The molecule has 0 atom stereocenters. The van der Waals surface area contributed by atoms with E-state index in [2.05, 4.69) is 16.9 Å². The van der Waals surface area contributed by atoms with Gasteiger partial charge < -0.3 is 9.84 Å². The Morgan fingerprint density at radius 2 is 1.95 bits per heavy atom. The minimum atomic E-state index is -1.10. The summed E-state index contributed by atoms with van der Waals surface area (Å²) in [6.45, 7) is 3.82. The summed E-state index contributed by atoms with van der Waals surface area (Å²) in [5.74, 6) is -0.509. The summed E-state index contributed by atoms with van der Waals surface area (Å²) in [5, 5.41) is 8.95. The highest BCUT2D eigenvalue weighted by Crippen LogP contribution is 2.19. The van der Waals surface area contributed by atoms with Crippen molar-refractivity contribution in [2.24, 2.45) is 0 Å². The minimum absolute atomic E-state index is 0.0469. The Morgan fingerprint density at radius 3 is 2.55 bits per heavy atom. The highest BCUT2D eigenvalue weighted by molar-refractivity contribution is 5.85. The molecule has 0 aliphatic rings. The Hall–Kier alpha value is -2.43. The molecule has 1 N–H and O–H groups in total. The summed E-state index contributed by atoms with van der Waals surface area (Å²) >= 11 is 0. The van der Waals surface area contributed by atoms with E-state index in [0.717, 1.165) is 12.8 Å². The normalized spacial score (nSPS) is 10.3. The van der Waals surface area contributed by atoms with Gasteiger partial charge in [0.1, 0.15) is 5.75 Å². The number of aromatic carboxylic acids is 1. The van der Waals surface area contributed by atoms with Gasteiger partial charge in [0, 0.05) is 5.69 Å². The number of aryl methyl sites for hydroxylation is 2. The molecule has 5 heteroatoms. The van der Waals surface area contributed by atoms with Crippen molar-refractivity contribution in [3.05, 3.63) is 47.3 Å². The zero-order valence-corrected chi connectivity index (χ0v) is 11.5. The number of carboxylic acid groups (broad SMARTS) is 1. The van der Waals surface area contributed by atoms with Crippen molar-refractivity contribution in [2.45, 2.75) is 26.7 Å². The van der Waals surface area contributed by atoms with Gasteiger partial charge in [0.2, 0.25) is 0 Å². The van der Waals surface area contributed by atoms with E-state index in [1.165, 1.54) is 11.6 Å². The SMILES string of the molecule is CCCc1ccc(Oc2nc(C)cc(C(=O)O)n2)cc1. The minimum Gasteiger partial charge on any atom is -0.477 e. The van der Waals surface area contributed by atoms with E-state index in [9.17, 15) is 4.79 Å². The van der Waals surface area contributed by atoms with Crippen molar-refractivity contribution in [1.82, 2.24) is 9.97 Å². The molecule has 2 aromatic rings. The lowest BCUT2D eigenvalue weighted by Crippen LogP contribution is -2.04. The average Bonchev–Trinajstić information content (AvgIpc) is 2.40. The van der Waals surface area contributed by atoms with Gasteiger partial charge in [0.05, 0.1) is 0 Å². The molecule has 104 valence electrons. The number of hydrogen-bond donors (Lipinski definition) is 1. The van der Waals surface area contributed by atoms with E-state index in [-0.39, 0.29) is 11.7 Å². The molecule has 1 heterocycles. The Labute approximate surface area is 117 Å². The van der Waals surface area contributed by atoms with Gasteiger partial charge in [-0.25, -0.2) is 9.78 Å². The van der Waals surface area contributed by atoms with Gasteiger partial charge in [-0.05, 0) is 37.1 Å². The standard InChI is InChI=1S/C15H16N2O3/c1-3-4-11-5-7-12(8-6-11)20-15-16-10(2)9-13(17-15)14(18)19/h5-9H,3-4H2,1-2H3,(H,18,19). The first-order valence-corrected chi connectivity index (χ1v) is 6.44. The second-order valence-corrected chi connectivity index (χ2v) is 4.48. The molecule has 0 amide bonds. The summed E-state index contributed by atoms with van der Waals surface area (Å²) < 4.78 is 5.50. The molecule has 2 rings (SSSR count). The van der Waals surface area contributed by atoms with Crippen LogP contribution in [0.1, 0.15) is 35.1 Å². The molecule has 1 aromatic heterocycles. The quantitative estimate of drug-likeness (QED) is 0.904. The van der Waals surface area contributed by atoms with Crippen LogP contribution >= 0.6 is 0 Å². The van der Waals surface area contributed by atoms with Crippen LogP contribution < -0.4 is 4.74 Å². The van der Waals surface area contributed by atoms with Gasteiger partial charge in [-0.1, -0.05) is 25.5 Å². The average molecular weight is 272 g/mol. The van der Waals surface area contributed by atoms with Crippen molar-refractivity contribution in [2.75, 3.05) is 0 Å². The van der Waals surface area contributed by atoms with Gasteiger partial charge in [-0.2, -0.15) is 4.98 Å². The van der Waals surface area contributed by atoms with E-state index < -0.39 is 5.97 Å². The van der Waals surface area contributed by atoms with Gasteiger partial charge in [0.25, 0.3) is 0 Å². The van der Waals surface area contributed by atoms with E-state index in [4.69, 9.17) is 9.84 Å². The first-order chi connectivity index (χ1) is 9.58. The number of aromatic nitrogens is 2. The molecule has 0 saturated heterocycles. The zero-order valence-electron chi connectivity index (χ0n) is 11.5. The van der Waals surface area contributed by atoms with Gasteiger partial charge in [0.15, 0.2) is 5.69 Å². The maximum absolute atomic E-state index is 10.9. The second-order valence-electron chi connectivity index (χ2n) is 4.48. The van der Waals surface area contributed by atoms with Crippen molar-refractivity contribution in [3.8, 4) is 11.8 Å². The number of carboxylic acids is 1. The molecule has 20 heavy (non-hydrogen) atoms. The Morgan fingerprint density at radius 1 is 1.25 bits per heavy atom. The van der Waals surface area contributed by atoms with E-state index in [1.54, 1.807) is 6.92 Å². The molecule has 0 radical (unpaired) electrons. The molecule has 0 spiro atoms. The third kappa shape index (κ3) is 3.54. The lowest BCUT2D eigenvalue weighted by molar-refractivity contribution is 0.0689. The molecule has 0 aliphatic carbocycles. The summed E-state index contributed by atoms with van der Waals surface area (Å²) in [4.78, 5) is 18.9. The van der Waals surface area contributed by atoms with Crippen LogP contribution in [0.15, 0.2) is 30.3 Å². The topological polar surface area (TPSA) is 72.3 Å². The monoisotopic (exact) mass is 272 g/mol. The first kappa shape index (κ1) is 14.0. The van der Waals surface area contributed by atoms with Crippen LogP contribution in [0, 0.1) is 6.92 Å². The summed E-state index contributed by atoms with van der Waals surface area (Å²) in [6, 6.07) is 9.07. The maximum Gasteiger partial charge on any atom is 0.354 e. The number of carbonyl (C=O) groups is 1. The van der Waals surface area contributed by atoms with Crippen LogP contribution in [0.5, 0.6) is 11.8 Å². The molecule has 5 nitrogen and oxygen atoms in total. The predicted octanol–water partition coefficient (Wildman–Crippen LogP) is 3.23.